The molecule has 0 N–H and O–H groups in total. The van der Waals surface area contributed by atoms with Gasteiger partial charge >= 0.3 is 0 Å². The zero-order chi connectivity index (χ0) is 28.1. The number of thiocarbonyl (C=S) groups is 1. The van der Waals surface area contributed by atoms with Gasteiger partial charge in [-0.25, -0.2) is 4.68 Å². The first-order valence-corrected chi connectivity index (χ1v) is 15.0. The van der Waals surface area contributed by atoms with E-state index in [9.17, 15) is 4.79 Å². The summed E-state index contributed by atoms with van der Waals surface area (Å²) in [5.41, 5.74) is 4.27. The number of carbonyl (C=O) groups is 1. The number of ether oxygens (including phenoxy) is 1. The molecule has 4 aromatic rings. The molecule has 0 aliphatic carbocycles. The summed E-state index contributed by atoms with van der Waals surface area (Å²) in [4.78, 5) is 15.5. The van der Waals surface area contributed by atoms with E-state index in [1.165, 1.54) is 11.8 Å². The van der Waals surface area contributed by atoms with Gasteiger partial charge in [0.15, 0.2) is 0 Å². The Balaban J connectivity index is 1.41. The third-order valence-electron chi connectivity index (χ3n) is 6.45. The average Bonchev–Trinajstić information content (AvgIpc) is 3.50. The zero-order valence-corrected chi connectivity index (χ0v) is 25.0. The number of halogens is 2. The van der Waals surface area contributed by atoms with Gasteiger partial charge in [-0.3, -0.25) is 9.69 Å². The summed E-state index contributed by atoms with van der Waals surface area (Å²) in [6, 6.07) is 23.0. The number of rotatable bonds is 10. The highest BCUT2D eigenvalue weighted by atomic mass is 35.5. The van der Waals surface area contributed by atoms with Crippen molar-refractivity contribution in [1.82, 2.24) is 14.7 Å². The number of hydrogen-bond donors (Lipinski definition) is 0. The van der Waals surface area contributed by atoms with Crippen molar-refractivity contribution in [2.24, 2.45) is 0 Å². The molecular weight excluding hydrogens is 581 g/mol. The highest BCUT2D eigenvalue weighted by Crippen LogP contribution is 2.35. The van der Waals surface area contributed by atoms with E-state index in [4.69, 9.17) is 45.3 Å². The van der Waals surface area contributed by atoms with Gasteiger partial charge in [-0.15, -0.1) is 0 Å². The molecule has 1 aromatic heterocycles. The first-order chi connectivity index (χ1) is 19.4. The molecule has 0 spiro atoms. The van der Waals surface area contributed by atoms with Crippen LogP contribution < -0.4 is 4.74 Å². The summed E-state index contributed by atoms with van der Waals surface area (Å²) in [5, 5.41) is 6.05. The number of carbonyl (C=O) groups excluding carboxylic acids is 1. The SMILES string of the molecule is CCCCCN1C(=O)/C(=C/c2cn(-c3ccccc3)nc2-c2ccc(OCc3ccc(Cl)cc3Cl)cc2)SC1=S. The van der Waals surface area contributed by atoms with Crippen molar-refractivity contribution in [1.29, 1.82) is 0 Å². The van der Waals surface area contributed by atoms with Crippen molar-refractivity contribution in [3.05, 3.63) is 105 Å². The lowest BCUT2D eigenvalue weighted by molar-refractivity contribution is -0.122. The molecule has 1 aliphatic rings. The molecule has 9 heteroatoms. The van der Waals surface area contributed by atoms with Crippen molar-refractivity contribution >= 4 is 63.5 Å². The fraction of sp³-hybridized carbons (Fsp3) is 0.194. The van der Waals surface area contributed by atoms with Crippen molar-refractivity contribution < 1.29 is 9.53 Å². The van der Waals surface area contributed by atoms with Crippen molar-refractivity contribution in [2.75, 3.05) is 6.54 Å². The molecule has 0 bridgehead atoms. The molecule has 0 unspecified atom stereocenters. The second-order valence-electron chi connectivity index (χ2n) is 9.30. The lowest BCUT2D eigenvalue weighted by Gasteiger charge is -2.13. The van der Waals surface area contributed by atoms with Crippen LogP contribution in [0, 0.1) is 0 Å². The Morgan fingerprint density at radius 2 is 1.80 bits per heavy atom. The fourth-order valence-corrected chi connectivity index (χ4v) is 6.06. The molecule has 5 rings (SSSR count). The van der Waals surface area contributed by atoms with E-state index in [2.05, 4.69) is 6.92 Å². The average molecular weight is 609 g/mol. The molecule has 0 atom stereocenters. The Morgan fingerprint density at radius 1 is 1.02 bits per heavy atom. The van der Waals surface area contributed by atoms with E-state index in [1.807, 2.05) is 77.6 Å². The molecule has 40 heavy (non-hydrogen) atoms. The van der Waals surface area contributed by atoms with Gasteiger partial charge in [0.05, 0.1) is 16.3 Å². The summed E-state index contributed by atoms with van der Waals surface area (Å²) in [5.74, 6) is 0.654. The van der Waals surface area contributed by atoms with Gasteiger partial charge in [-0.2, -0.15) is 5.10 Å². The van der Waals surface area contributed by atoms with Crippen LogP contribution in [-0.2, 0) is 11.4 Å². The standard InChI is InChI=1S/C31H27Cl2N3O2S2/c1-2-3-7-16-35-30(37)28(40-31(35)39)17-23-19-36(25-8-5-4-6-9-25)34-29(23)21-11-14-26(15-12-21)38-20-22-10-13-24(32)18-27(22)33/h4-6,8-15,17-19H,2-3,7,16,20H2,1H3/b28-17-. The number of aromatic nitrogens is 2. The lowest BCUT2D eigenvalue weighted by atomic mass is 10.1. The van der Waals surface area contributed by atoms with E-state index < -0.39 is 0 Å². The summed E-state index contributed by atoms with van der Waals surface area (Å²) in [6.45, 7) is 3.11. The zero-order valence-electron chi connectivity index (χ0n) is 21.8. The number of unbranched alkanes of at least 4 members (excludes halogenated alkanes) is 2. The smallest absolute Gasteiger partial charge is 0.266 e. The van der Waals surface area contributed by atoms with Gasteiger partial charge in [-0.1, -0.05) is 91.2 Å². The number of hydrogen-bond acceptors (Lipinski definition) is 5. The molecule has 204 valence electrons. The summed E-state index contributed by atoms with van der Waals surface area (Å²) >= 11 is 19.2. The van der Waals surface area contributed by atoms with Crippen LogP contribution in [0.1, 0.15) is 37.3 Å². The summed E-state index contributed by atoms with van der Waals surface area (Å²) in [7, 11) is 0. The van der Waals surface area contributed by atoms with Gasteiger partial charge in [-0.05, 0) is 61.0 Å². The minimum absolute atomic E-state index is 0.0471. The second-order valence-corrected chi connectivity index (χ2v) is 11.8. The molecule has 1 aliphatic heterocycles. The highest BCUT2D eigenvalue weighted by molar-refractivity contribution is 8.26. The summed E-state index contributed by atoms with van der Waals surface area (Å²) in [6.07, 6.45) is 6.93. The van der Waals surface area contributed by atoms with Crippen molar-refractivity contribution in [3.63, 3.8) is 0 Å². The summed E-state index contributed by atoms with van der Waals surface area (Å²) < 4.78 is 8.39. The lowest BCUT2D eigenvalue weighted by Crippen LogP contribution is -2.28. The van der Waals surface area contributed by atoms with Crippen molar-refractivity contribution in [3.8, 4) is 22.7 Å². The van der Waals surface area contributed by atoms with E-state index >= 15 is 0 Å². The van der Waals surface area contributed by atoms with Crippen molar-refractivity contribution in [2.45, 2.75) is 32.8 Å². The predicted molar refractivity (Wildman–Crippen MR) is 169 cm³/mol. The van der Waals surface area contributed by atoms with Gasteiger partial charge < -0.3 is 4.74 Å². The molecule has 0 saturated carbocycles. The van der Waals surface area contributed by atoms with Crippen LogP contribution in [0.25, 0.3) is 23.0 Å². The number of para-hydroxylation sites is 1. The maximum atomic E-state index is 13.2. The van der Waals surface area contributed by atoms with Crippen LogP contribution in [0.5, 0.6) is 5.75 Å². The Hall–Kier alpha value is -3.10. The minimum atomic E-state index is -0.0471. The maximum Gasteiger partial charge on any atom is 0.266 e. The minimum Gasteiger partial charge on any atom is -0.489 e. The normalized spacial score (nSPS) is 14.4. The largest absolute Gasteiger partial charge is 0.489 e. The Labute approximate surface area is 253 Å². The van der Waals surface area contributed by atoms with Gasteiger partial charge in [0.25, 0.3) is 5.91 Å². The second kappa shape index (κ2) is 13.0. The number of thioether (sulfide) groups is 1. The van der Waals surface area contributed by atoms with Crippen LogP contribution in [0.4, 0.5) is 0 Å². The van der Waals surface area contributed by atoms with Crippen LogP contribution in [0.15, 0.2) is 83.9 Å². The highest BCUT2D eigenvalue weighted by Gasteiger charge is 2.32. The Bertz CT molecular complexity index is 1550. The molecule has 1 saturated heterocycles. The predicted octanol–water partition coefficient (Wildman–Crippen LogP) is 8.82. The molecule has 5 nitrogen and oxygen atoms in total. The molecule has 0 radical (unpaired) electrons. The number of amides is 1. The third-order valence-corrected chi connectivity index (χ3v) is 8.41. The number of nitrogens with zero attached hydrogens (tertiary/aromatic N) is 3. The van der Waals surface area contributed by atoms with Crippen LogP contribution in [-0.4, -0.2) is 31.5 Å². The topological polar surface area (TPSA) is 47.4 Å². The van der Waals surface area contributed by atoms with Crippen LogP contribution in [0.2, 0.25) is 10.0 Å². The van der Waals surface area contributed by atoms with Gasteiger partial charge in [0.2, 0.25) is 0 Å². The molecular formula is C31H27Cl2N3O2S2. The van der Waals surface area contributed by atoms with E-state index in [0.717, 1.165) is 47.3 Å². The first-order valence-electron chi connectivity index (χ1n) is 13.0. The van der Waals surface area contributed by atoms with Crippen LogP contribution in [0.3, 0.4) is 0 Å². The molecule has 3 aromatic carbocycles. The van der Waals surface area contributed by atoms with Gasteiger partial charge in [0.1, 0.15) is 16.7 Å². The van der Waals surface area contributed by atoms with E-state index in [1.54, 1.807) is 17.0 Å². The van der Waals surface area contributed by atoms with E-state index in [-0.39, 0.29) is 5.91 Å². The quantitative estimate of drug-likeness (QED) is 0.102. The van der Waals surface area contributed by atoms with E-state index in [0.29, 0.717) is 38.2 Å². The molecule has 1 fully saturated rings. The maximum absolute atomic E-state index is 13.2. The Morgan fingerprint density at radius 3 is 2.52 bits per heavy atom. The fourth-order valence-electron chi connectivity index (χ4n) is 4.29. The van der Waals surface area contributed by atoms with Crippen LogP contribution >= 0.6 is 47.2 Å². The first kappa shape index (κ1) is 28.4. The Kier molecular flexibility index (Phi) is 9.27. The monoisotopic (exact) mass is 607 g/mol. The molecule has 1 amide bonds. The van der Waals surface area contributed by atoms with Gasteiger partial charge in [0, 0.05) is 39.5 Å². The molecule has 2 heterocycles. The third kappa shape index (κ3) is 6.61. The number of benzene rings is 3.